The predicted molar refractivity (Wildman–Crippen MR) is 153 cm³/mol. The molecule has 0 saturated heterocycles. The van der Waals surface area contributed by atoms with Crippen LogP contribution in [0, 0.1) is 0 Å². The molecule has 2 N–H and O–H groups in total. The molecule has 2 atom stereocenters. The largest absolute Gasteiger partial charge is 0.497 e. The summed E-state index contributed by atoms with van der Waals surface area (Å²) in [6, 6.07) is 21.0. The van der Waals surface area contributed by atoms with Crippen molar-refractivity contribution < 1.29 is 22.7 Å². The lowest BCUT2D eigenvalue weighted by atomic mass is 10.1. The van der Waals surface area contributed by atoms with Gasteiger partial charge in [-0.2, -0.15) is 0 Å². The first-order valence-corrected chi connectivity index (χ1v) is 14.0. The zero-order valence-electron chi connectivity index (χ0n) is 23.3. The Morgan fingerprint density at radius 2 is 1.26 bits per heavy atom. The van der Waals surface area contributed by atoms with Crippen molar-refractivity contribution in [2.75, 3.05) is 55.5 Å². The molecule has 0 aliphatic heterocycles. The summed E-state index contributed by atoms with van der Waals surface area (Å²) in [6.07, 6.45) is 0. The molecule has 0 aliphatic carbocycles. The SMILES string of the molecule is COc1ccc([C@@H](CNC(=O)c2cccc(S(=O)(=O)NC[C@@H](c3ccc(OC)cc3)N(C)C)c2)N(C)C)cc1. The lowest BCUT2D eigenvalue weighted by Crippen LogP contribution is -2.35. The van der Waals surface area contributed by atoms with Gasteiger partial charge in [-0.05, 0) is 81.8 Å². The number of ether oxygens (including phenoxy) is 2. The summed E-state index contributed by atoms with van der Waals surface area (Å²) in [5, 5.41) is 2.94. The second-order valence-electron chi connectivity index (χ2n) is 9.59. The number of nitrogens with zero attached hydrogens (tertiary/aromatic N) is 2. The van der Waals surface area contributed by atoms with Gasteiger partial charge in [-0.1, -0.05) is 30.3 Å². The van der Waals surface area contributed by atoms with E-state index in [2.05, 4.69) is 10.0 Å². The lowest BCUT2D eigenvalue weighted by molar-refractivity contribution is 0.0941. The molecule has 0 heterocycles. The van der Waals surface area contributed by atoms with Crippen LogP contribution in [0.25, 0.3) is 0 Å². The van der Waals surface area contributed by atoms with E-state index in [0.717, 1.165) is 22.6 Å². The molecule has 0 unspecified atom stereocenters. The molecular formula is C29H38N4O5S. The third-order valence-electron chi connectivity index (χ3n) is 6.58. The summed E-state index contributed by atoms with van der Waals surface area (Å²) in [5.41, 5.74) is 2.24. The first kappa shape index (κ1) is 30.1. The molecule has 0 bridgehead atoms. The van der Waals surface area contributed by atoms with E-state index in [-0.39, 0.29) is 35.0 Å². The van der Waals surface area contributed by atoms with Crippen LogP contribution in [-0.4, -0.2) is 79.6 Å². The van der Waals surface area contributed by atoms with Crippen molar-refractivity contribution in [3.05, 3.63) is 89.5 Å². The minimum Gasteiger partial charge on any atom is -0.497 e. The average molecular weight is 555 g/mol. The molecule has 3 rings (SSSR count). The molecule has 3 aromatic rings. The number of amides is 1. The summed E-state index contributed by atoms with van der Waals surface area (Å²) in [4.78, 5) is 17.0. The fourth-order valence-electron chi connectivity index (χ4n) is 4.22. The summed E-state index contributed by atoms with van der Waals surface area (Å²) in [7, 11) is 7.01. The van der Waals surface area contributed by atoms with Crippen LogP contribution in [0.3, 0.4) is 0 Å². The highest BCUT2D eigenvalue weighted by Crippen LogP contribution is 2.23. The summed E-state index contributed by atoms with van der Waals surface area (Å²) in [6.45, 7) is 0.504. The Balaban J connectivity index is 1.69. The van der Waals surface area contributed by atoms with Crippen molar-refractivity contribution in [2.24, 2.45) is 0 Å². The molecule has 0 aliphatic rings. The Morgan fingerprint density at radius 3 is 1.72 bits per heavy atom. The standard InChI is InChI=1S/C29H38N4O5S/c1-32(2)27(21-10-14-24(37-5)15-11-21)19-30-29(34)23-8-7-9-26(18-23)39(35,36)31-20-28(33(3)4)22-12-16-25(38-6)17-13-22/h7-18,27-28,31H,19-20H2,1-6H3,(H,30,34)/t27-,28+/m1/s1. The van der Waals surface area contributed by atoms with Gasteiger partial charge < -0.3 is 24.6 Å². The van der Waals surface area contributed by atoms with E-state index in [4.69, 9.17) is 9.47 Å². The minimum absolute atomic E-state index is 0.0294. The molecule has 10 heteroatoms. The van der Waals surface area contributed by atoms with Crippen molar-refractivity contribution in [3.63, 3.8) is 0 Å². The number of likely N-dealkylation sites (N-methyl/N-ethyl adjacent to an activating group) is 2. The normalized spacial score (nSPS) is 13.2. The summed E-state index contributed by atoms with van der Waals surface area (Å²) >= 11 is 0. The fraction of sp³-hybridized carbons (Fsp3) is 0.345. The van der Waals surface area contributed by atoms with Gasteiger partial charge in [0.2, 0.25) is 10.0 Å². The molecule has 39 heavy (non-hydrogen) atoms. The van der Waals surface area contributed by atoms with Gasteiger partial charge in [0.05, 0.1) is 25.2 Å². The third-order valence-corrected chi connectivity index (χ3v) is 8.00. The quantitative estimate of drug-likeness (QED) is 0.334. The van der Waals surface area contributed by atoms with Crippen LogP contribution in [-0.2, 0) is 10.0 Å². The summed E-state index contributed by atoms with van der Waals surface area (Å²) in [5.74, 6) is 1.14. The van der Waals surface area contributed by atoms with Crippen molar-refractivity contribution >= 4 is 15.9 Å². The second-order valence-corrected chi connectivity index (χ2v) is 11.4. The number of benzene rings is 3. The molecule has 0 aromatic heterocycles. The topological polar surface area (TPSA) is 100 Å². The van der Waals surface area contributed by atoms with Crippen molar-refractivity contribution in [2.45, 2.75) is 17.0 Å². The average Bonchev–Trinajstić information content (AvgIpc) is 2.93. The molecule has 0 fully saturated rings. The van der Waals surface area contributed by atoms with Crippen LogP contribution in [0.5, 0.6) is 11.5 Å². The molecule has 3 aromatic carbocycles. The monoisotopic (exact) mass is 554 g/mol. The zero-order valence-corrected chi connectivity index (χ0v) is 24.2. The van der Waals surface area contributed by atoms with Crippen LogP contribution in [0.2, 0.25) is 0 Å². The van der Waals surface area contributed by atoms with E-state index in [1.165, 1.54) is 12.1 Å². The van der Waals surface area contributed by atoms with E-state index in [1.54, 1.807) is 26.4 Å². The Kier molecular flexibility index (Phi) is 10.5. The third kappa shape index (κ3) is 8.03. The van der Waals surface area contributed by atoms with Crippen molar-refractivity contribution in [1.82, 2.24) is 19.8 Å². The van der Waals surface area contributed by atoms with Gasteiger partial charge in [-0.15, -0.1) is 0 Å². The number of carbonyl (C=O) groups is 1. The van der Waals surface area contributed by atoms with E-state index in [1.807, 2.05) is 86.5 Å². The molecule has 0 saturated carbocycles. The maximum atomic E-state index is 13.2. The van der Waals surface area contributed by atoms with Gasteiger partial charge in [0, 0.05) is 24.7 Å². The highest BCUT2D eigenvalue weighted by Gasteiger charge is 2.22. The number of hydrogen-bond donors (Lipinski definition) is 2. The number of nitrogens with one attached hydrogen (secondary N) is 2. The first-order chi connectivity index (χ1) is 18.6. The van der Waals surface area contributed by atoms with Crippen LogP contribution < -0.4 is 19.5 Å². The van der Waals surface area contributed by atoms with Gasteiger partial charge in [0.25, 0.3) is 5.91 Å². The van der Waals surface area contributed by atoms with E-state index < -0.39 is 10.0 Å². The van der Waals surface area contributed by atoms with E-state index in [0.29, 0.717) is 6.54 Å². The molecule has 0 spiro atoms. The van der Waals surface area contributed by atoms with Crippen LogP contribution in [0.15, 0.2) is 77.7 Å². The Labute approximate surface area is 231 Å². The van der Waals surface area contributed by atoms with Crippen LogP contribution >= 0.6 is 0 Å². The minimum atomic E-state index is -3.86. The van der Waals surface area contributed by atoms with Gasteiger partial charge in [-0.25, -0.2) is 13.1 Å². The predicted octanol–water partition coefficient (Wildman–Crippen LogP) is 3.32. The number of sulfonamides is 1. The molecule has 9 nitrogen and oxygen atoms in total. The van der Waals surface area contributed by atoms with Gasteiger partial charge in [-0.3, -0.25) is 4.79 Å². The van der Waals surface area contributed by atoms with Crippen molar-refractivity contribution in [1.29, 1.82) is 0 Å². The molecule has 210 valence electrons. The Bertz CT molecular complexity index is 1330. The maximum Gasteiger partial charge on any atom is 0.251 e. The van der Waals surface area contributed by atoms with E-state index in [9.17, 15) is 13.2 Å². The molecular weight excluding hydrogens is 516 g/mol. The van der Waals surface area contributed by atoms with Gasteiger partial charge in [0.15, 0.2) is 0 Å². The first-order valence-electron chi connectivity index (χ1n) is 12.5. The number of carbonyl (C=O) groups excluding carboxylic acids is 1. The lowest BCUT2D eigenvalue weighted by Gasteiger charge is -2.25. The number of methoxy groups -OCH3 is 2. The maximum absolute atomic E-state index is 13.2. The summed E-state index contributed by atoms with van der Waals surface area (Å²) < 4.78 is 39.5. The fourth-order valence-corrected chi connectivity index (χ4v) is 5.30. The number of hydrogen-bond acceptors (Lipinski definition) is 7. The Hall–Kier alpha value is -3.44. The highest BCUT2D eigenvalue weighted by molar-refractivity contribution is 7.89. The van der Waals surface area contributed by atoms with Gasteiger partial charge in [0.1, 0.15) is 11.5 Å². The zero-order chi connectivity index (χ0) is 28.6. The van der Waals surface area contributed by atoms with Crippen molar-refractivity contribution in [3.8, 4) is 11.5 Å². The number of rotatable bonds is 13. The van der Waals surface area contributed by atoms with Crippen LogP contribution in [0.1, 0.15) is 33.6 Å². The molecule has 0 radical (unpaired) electrons. The smallest absolute Gasteiger partial charge is 0.251 e. The Morgan fingerprint density at radius 1 is 0.769 bits per heavy atom. The second kappa shape index (κ2) is 13.6. The molecule has 1 amide bonds. The van der Waals surface area contributed by atoms with Crippen LogP contribution in [0.4, 0.5) is 0 Å². The van der Waals surface area contributed by atoms with Gasteiger partial charge >= 0.3 is 0 Å². The van der Waals surface area contributed by atoms with E-state index >= 15 is 0 Å². The highest BCUT2D eigenvalue weighted by atomic mass is 32.2.